The molecular formula is CH5BiKNS. The van der Waals surface area contributed by atoms with Gasteiger partial charge in [0, 0.05) is 0 Å². The van der Waals surface area contributed by atoms with Crippen molar-refractivity contribution in [3.63, 3.8) is 0 Å². The molecule has 0 aromatic carbocycles. The molecule has 0 aromatic rings. The van der Waals surface area contributed by atoms with Crippen LogP contribution in [-0.4, -0.2) is 77.6 Å². The number of rotatable bonds is 0. The third-order valence-corrected chi connectivity index (χ3v) is 0. The van der Waals surface area contributed by atoms with E-state index in [-0.39, 0.29) is 77.6 Å². The predicted octanol–water partition coefficient (Wildman–Crippen LogP) is -1.44. The van der Waals surface area contributed by atoms with E-state index in [1.54, 1.807) is 0 Å². The second kappa shape index (κ2) is 16.2. The summed E-state index contributed by atoms with van der Waals surface area (Å²) in [5, 5.41) is 8.63. The molecule has 0 amide bonds. The van der Waals surface area contributed by atoms with Gasteiger partial charge < -0.3 is 0 Å². The fourth-order valence-electron chi connectivity index (χ4n) is 0. The van der Waals surface area contributed by atoms with Crippen LogP contribution in [0.4, 0.5) is 0 Å². The fourth-order valence-corrected chi connectivity index (χ4v) is 0. The average Bonchev–Trinajstić information content (AvgIpc) is 0.918. The minimum atomic E-state index is 0. The van der Waals surface area contributed by atoms with Crippen LogP contribution in [0.1, 0.15) is 0 Å². The van der Waals surface area contributed by atoms with Crippen LogP contribution in [0.5, 0.6) is 0 Å². The molecule has 0 atom stereocenters. The Kier molecular flexibility index (Phi) is 50.7. The third kappa shape index (κ3) is 21.7. The summed E-state index contributed by atoms with van der Waals surface area (Å²) >= 11 is 3.09. The number of nitriles is 1. The standard InChI is InChI=1S/CHNS.Bi.K.4H/c2-1-3;;;;;;/h3H;;;;;;. The van der Waals surface area contributed by atoms with Crippen molar-refractivity contribution in [2.45, 2.75) is 0 Å². The maximum atomic E-state index is 7.18. The summed E-state index contributed by atoms with van der Waals surface area (Å²) in [7, 11) is 0. The average molecular weight is 311 g/mol. The van der Waals surface area contributed by atoms with E-state index in [1.165, 1.54) is 5.40 Å². The molecule has 0 rings (SSSR count). The van der Waals surface area contributed by atoms with Crippen molar-refractivity contribution >= 4 is 90.2 Å². The molecule has 0 heterocycles. The van der Waals surface area contributed by atoms with E-state index < -0.39 is 0 Å². The van der Waals surface area contributed by atoms with Gasteiger partial charge in [-0.05, 0) is 0 Å². The Labute approximate surface area is 98.5 Å². The molecule has 26 valence electrons. The second-order valence-corrected chi connectivity index (χ2v) is 0.300. The van der Waals surface area contributed by atoms with Crippen LogP contribution in [0, 0.1) is 10.7 Å². The molecular weight excluding hydrogens is 306 g/mol. The quantitative estimate of drug-likeness (QED) is 0.331. The van der Waals surface area contributed by atoms with E-state index in [9.17, 15) is 0 Å². The molecule has 0 fully saturated rings. The minimum absolute atomic E-state index is 0. The first kappa shape index (κ1) is 15.7. The monoisotopic (exact) mass is 311 g/mol. The van der Waals surface area contributed by atoms with Gasteiger partial charge in [0.25, 0.3) is 0 Å². The van der Waals surface area contributed by atoms with Gasteiger partial charge in [0.05, 0.1) is 0 Å². The van der Waals surface area contributed by atoms with Crippen LogP contribution in [0.15, 0.2) is 0 Å². The van der Waals surface area contributed by atoms with Gasteiger partial charge in [-0.25, -0.2) is 0 Å². The predicted molar refractivity (Wildman–Crippen MR) is 31.7 cm³/mol. The van der Waals surface area contributed by atoms with Crippen LogP contribution >= 0.6 is 12.6 Å². The van der Waals surface area contributed by atoms with Gasteiger partial charge in [-0.3, -0.25) is 0 Å². The van der Waals surface area contributed by atoms with Crippen LogP contribution in [-0.2, 0) is 0 Å². The summed E-state index contributed by atoms with van der Waals surface area (Å²) in [5.74, 6) is 0. The maximum absolute atomic E-state index is 7.18. The Morgan fingerprint density at radius 1 is 1.60 bits per heavy atom. The van der Waals surface area contributed by atoms with E-state index >= 15 is 0 Å². The molecule has 0 aromatic heterocycles. The molecule has 0 saturated heterocycles. The Balaban J connectivity index is -0.0000000200. The van der Waals surface area contributed by atoms with Gasteiger partial charge >= 0.3 is 77.6 Å². The molecule has 0 aliphatic carbocycles. The van der Waals surface area contributed by atoms with Crippen molar-refractivity contribution in [3.8, 4) is 5.40 Å². The first-order valence-electron chi connectivity index (χ1n) is 0.447. The normalized spacial score (nSPS) is 1.60. The summed E-state index contributed by atoms with van der Waals surface area (Å²) in [6, 6.07) is 0. The zero-order chi connectivity index (χ0) is 2.71. The van der Waals surface area contributed by atoms with Crippen molar-refractivity contribution in [2.24, 2.45) is 0 Å². The summed E-state index contributed by atoms with van der Waals surface area (Å²) in [4.78, 5) is 0. The van der Waals surface area contributed by atoms with Crippen molar-refractivity contribution in [2.75, 3.05) is 0 Å². The molecule has 0 spiro atoms. The van der Waals surface area contributed by atoms with Crippen LogP contribution in [0.25, 0.3) is 0 Å². The Morgan fingerprint density at radius 2 is 1.60 bits per heavy atom. The molecule has 1 nitrogen and oxygen atoms in total. The van der Waals surface area contributed by atoms with Gasteiger partial charge in [-0.2, -0.15) is 5.26 Å². The SMILES string of the molecule is N#CS.[BiH3].[KH]. The first-order chi connectivity index (χ1) is 1.41. The van der Waals surface area contributed by atoms with Gasteiger partial charge in [0.1, 0.15) is 5.40 Å². The number of thiocyanates is 1. The van der Waals surface area contributed by atoms with Crippen molar-refractivity contribution < 1.29 is 0 Å². The topological polar surface area (TPSA) is 23.8 Å². The second-order valence-electron chi connectivity index (χ2n) is 0.100. The summed E-state index contributed by atoms with van der Waals surface area (Å²) in [5.41, 5.74) is 0. The molecule has 0 saturated carbocycles. The van der Waals surface area contributed by atoms with Crippen molar-refractivity contribution in [1.82, 2.24) is 0 Å². The molecule has 0 N–H and O–H groups in total. The summed E-state index contributed by atoms with van der Waals surface area (Å²) in [6.45, 7) is 0. The van der Waals surface area contributed by atoms with Crippen LogP contribution < -0.4 is 0 Å². The third-order valence-electron chi connectivity index (χ3n) is 0. The van der Waals surface area contributed by atoms with E-state index in [2.05, 4.69) is 12.6 Å². The van der Waals surface area contributed by atoms with E-state index in [0.29, 0.717) is 0 Å². The van der Waals surface area contributed by atoms with Gasteiger partial charge in [0.15, 0.2) is 0 Å². The zero-order valence-corrected chi connectivity index (χ0v) is 8.49. The Morgan fingerprint density at radius 3 is 1.60 bits per heavy atom. The number of hydrogen-bond acceptors (Lipinski definition) is 2. The Hall–Kier alpha value is 2.36. The molecule has 0 radical (unpaired) electrons. The van der Waals surface area contributed by atoms with Crippen molar-refractivity contribution in [3.05, 3.63) is 0 Å². The molecule has 0 bridgehead atoms. The van der Waals surface area contributed by atoms with Crippen LogP contribution in [0.2, 0.25) is 0 Å². The van der Waals surface area contributed by atoms with Gasteiger partial charge in [-0.15, -0.1) is 0 Å². The van der Waals surface area contributed by atoms with E-state index in [0.717, 1.165) is 0 Å². The number of hydrogen-bond donors (Lipinski definition) is 1. The molecule has 0 aliphatic rings. The molecule has 0 unspecified atom stereocenters. The number of thiol groups is 1. The van der Waals surface area contributed by atoms with E-state index in [1.807, 2.05) is 0 Å². The first-order valence-corrected chi connectivity index (χ1v) is 0.894. The summed E-state index contributed by atoms with van der Waals surface area (Å²) in [6.07, 6.45) is 0. The van der Waals surface area contributed by atoms with Crippen molar-refractivity contribution in [1.29, 1.82) is 5.26 Å². The van der Waals surface area contributed by atoms with Gasteiger partial charge in [0.2, 0.25) is 0 Å². The fraction of sp³-hybridized carbons (Fsp3) is 0. The van der Waals surface area contributed by atoms with Crippen LogP contribution in [0.3, 0.4) is 0 Å². The zero-order valence-electron chi connectivity index (χ0n) is 2.10. The summed E-state index contributed by atoms with van der Waals surface area (Å²) < 4.78 is 0. The molecule has 0 aliphatic heterocycles. The number of nitrogens with zero attached hydrogens (tertiary/aromatic N) is 1. The van der Waals surface area contributed by atoms with Gasteiger partial charge in [-0.1, -0.05) is 12.6 Å². The van der Waals surface area contributed by atoms with E-state index in [4.69, 9.17) is 5.26 Å². The molecule has 5 heavy (non-hydrogen) atoms. The Bertz CT molecular complexity index is 33.1. The molecule has 4 heteroatoms.